The summed E-state index contributed by atoms with van der Waals surface area (Å²) in [4.78, 5) is 10.8. The lowest BCUT2D eigenvalue weighted by Crippen LogP contribution is -2.05. The summed E-state index contributed by atoms with van der Waals surface area (Å²) < 4.78 is 14.4. The number of nitrogen functional groups attached to an aromatic ring is 1. The number of carbonyl (C=O) groups is 1. The SMILES string of the molecule is Nc1cc(C(=O)O)c(F)cc1Nc1ccc(Br)cc1Cl. The van der Waals surface area contributed by atoms with Crippen LogP contribution in [0.4, 0.5) is 21.5 Å². The summed E-state index contributed by atoms with van der Waals surface area (Å²) in [6.07, 6.45) is 0. The lowest BCUT2D eigenvalue weighted by Gasteiger charge is -2.12. The Kier molecular flexibility index (Phi) is 4.15. The highest BCUT2D eigenvalue weighted by Gasteiger charge is 2.14. The van der Waals surface area contributed by atoms with Crippen LogP contribution >= 0.6 is 27.5 Å². The third kappa shape index (κ3) is 3.02. The molecule has 0 aliphatic heterocycles. The van der Waals surface area contributed by atoms with E-state index in [0.29, 0.717) is 10.7 Å². The molecule has 4 N–H and O–H groups in total. The molecule has 0 spiro atoms. The van der Waals surface area contributed by atoms with Crippen LogP contribution < -0.4 is 11.1 Å². The van der Waals surface area contributed by atoms with Crippen LogP contribution in [-0.2, 0) is 0 Å². The number of rotatable bonds is 3. The van der Waals surface area contributed by atoms with Crippen LogP contribution in [-0.4, -0.2) is 11.1 Å². The predicted molar refractivity (Wildman–Crippen MR) is 80.2 cm³/mol. The first-order chi connectivity index (χ1) is 9.38. The van der Waals surface area contributed by atoms with E-state index in [-0.39, 0.29) is 11.4 Å². The zero-order chi connectivity index (χ0) is 14.9. The molecule has 0 heterocycles. The highest BCUT2D eigenvalue weighted by Crippen LogP contribution is 2.31. The van der Waals surface area contributed by atoms with Gasteiger partial charge in [0, 0.05) is 10.5 Å². The molecule has 0 aliphatic carbocycles. The zero-order valence-electron chi connectivity index (χ0n) is 9.95. The molecule has 0 saturated carbocycles. The second kappa shape index (κ2) is 5.68. The number of hydrogen-bond donors (Lipinski definition) is 3. The average Bonchev–Trinajstić information content (AvgIpc) is 2.36. The molecule has 0 amide bonds. The van der Waals surface area contributed by atoms with Gasteiger partial charge in [-0.2, -0.15) is 0 Å². The van der Waals surface area contributed by atoms with Gasteiger partial charge in [-0.25, -0.2) is 9.18 Å². The average molecular weight is 360 g/mol. The Labute approximate surface area is 127 Å². The molecule has 7 heteroatoms. The molecule has 0 saturated heterocycles. The van der Waals surface area contributed by atoms with Gasteiger partial charge in [-0.3, -0.25) is 0 Å². The van der Waals surface area contributed by atoms with E-state index >= 15 is 0 Å². The smallest absolute Gasteiger partial charge is 0.338 e. The van der Waals surface area contributed by atoms with Crippen LogP contribution in [0.3, 0.4) is 0 Å². The Morgan fingerprint density at radius 2 is 2.00 bits per heavy atom. The van der Waals surface area contributed by atoms with E-state index in [9.17, 15) is 9.18 Å². The van der Waals surface area contributed by atoms with E-state index in [1.807, 2.05) is 0 Å². The Morgan fingerprint density at radius 3 is 2.60 bits per heavy atom. The molecular weight excluding hydrogens is 351 g/mol. The van der Waals surface area contributed by atoms with Gasteiger partial charge in [0.15, 0.2) is 0 Å². The van der Waals surface area contributed by atoms with Gasteiger partial charge in [0.25, 0.3) is 0 Å². The second-order valence-corrected chi connectivity index (χ2v) is 5.30. The van der Waals surface area contributed by atoms with Crippen molar-refractivity contribution < 1.29 is 14.3 Å². The van der Waals surface area contributed by atoms with E-state index < -0.39 is 17.3 Å². The number of nitrogens with one attached hydrogen (secondary N) is 1. The van der Waals surface area contributed by atoms with E-state index in [4.69, 9.17) is 22.4 Å². The molecule has 0 aromatic heterocycles. The standard InChI is InChI=1S/C13H9BrClFN2O2/c14-6-1-2-11(8(15)3-6)18-12-5-9(16)7(13(19)20)4-10(12)17/h1-5,18H,17H2,(H,19,20). The molecule has 20 heavy (non-hydrogen) atoms. The Bertz CT molecular complexity index is 694. The van der Waals surface area contributed by atoms with Gasteiger partial charge >= 0.3 is 5.97 Å². The first-order valence-corrected chi connectivity index (χ1v) is 6.60. The summed E-state index contributed by atoms with van der Waals surface area (Å²) in [7, 11) is 0. The fourth-order valence-electron chi connectivity index (χ4n) is 1.60. The van der Waals surface area contributed by atoms with Crippen molar-refractivity contribution in [1.29, 1.82) is 0 Å². The topological polar surface area (TPSA) is 75.4 Å². The lowest BCUT2D eigenvalue weighted by atomic mass is 10.1. The molecule has 0 radical (unpaired) electrons. The first kappa shape index (κ1) is 14.6. The van der Waals surface area contributed by atoms with Gasteiger partial charge < -0.3 is 16.2 Å². The number of benzene rings is 2. The number of carboxylic acid groups (broad SMARTS) is 1. The quantitative estimate of drug-likeness (QED) is 0.716. The van der Waals surface area contributed by atoms with Gasteiger partial charge in [0.2, 0.25) is 0 Å². The van der Waals surface area contributed by atoms with Crippen LogP contribution in [0, 0.1) is 5.82 Å². The normalized spacial score (nSPS) is 10.3. The molecule has 2 aromatic carbocycles. The molecule has 2 aromatic rings. The van der Waals surface area contributed by atoms with Crippen molar-refractivity contribution >= 4 is 50.6 Å². The van der Waals surface area contributed by atoms with E-state index in [1.165, 1.54) is 0 Å². The largest absolute Gasteiger partial charge is 0.478 e. The van der Waals surface area contributed by atoms with Crippen molar-refractivity contribution in [3.05, 3.63) is 51.2 Å². The predicted octanol–water partition coefficient (Wildman–Crippen LogP) is 4.27. The van der Waals surface area contributed by atoms with Crippen molar-refractivity contribution in [2.24, 2.45) is 0 Å². The Morgan fingerprint density at radius 1 is 1.30 bits per heavy atom. The number of aromatic carboxylic acids is 1. The summed E-state index contributed by atoms with van der Waals surface area (Å²) in [5.74, 6) is -2.25. The maximum atomic E-state index is 13.6. The third-order valence-electron chi connectivity index (χ3n) is 2.57. The van der Waals surface area contributed by atoms with E-state index in [2.05, 4.69) is 21.2 Å². The summed E-state index contributed by atoms with van der Waals surface area (Å²) in [5.41, 5.74) is 6.13. The third-order valence-corrected chi connectivity index (χ3v) is 3.38. The van der Waals surface area contributed by atoms with Gasteiger partial charge in [-0.15, -0.1) is 0 Å². The van der Waals surface area contributed by atoms with Gasteiger partial charge in [0.1, 0.15) is 5.82 Å². The number of halogens is 3. The molecule has 0 aliphatic rings. The minimum atomic E-state index is -1.37. The highest BCUT2D eigenvalue weighted by atomic mass is 79.9. The fourth-order valence-corrected chi connectivity index (χ4v) is 2.32. The zero-order valence-corrected chi connectivity index (χ0v) is 12.3. The van der Waals surface area contributed by atoms with Crippen LogP contribution in [0.2, 0.25) is 5.02 Å². The van der Waals surface area contributed by atoms with Gasteiger partial charge in [0.05, 0.1) is 27.6 Å². The van der Waals surface area contributed by atoms with Crippen molar-refractivity contribution in [3.8, 4) is 0 Å². The van der Waals surface area contributed by atoms with Crippen LogP contribution in [0.5, 0.6) is 0 Å². The van der Waals surface area contributed by atoms with Crippen LogP contribution in [0.1, 0.15) is 10.4 Å². The van der Waals surface area contributed by atoms with Crippen molar-refractivity contribution in [1.82, 2.24) is 0 Å². The van der Waals surface area contributed by atoms with Gasteiger partial charge in [-0.05, 0) is 24.3 Å². The molecule has 104 valence electrons. The number of hydrogen-bond acceptors (Lipinski definition) is 3. The van der Waals surface area contributed by atoms with Gasteiger partial charge in [-0.1, -0.05) is 27.5 Å². The molecule has 0 bridgehead atoms. The lowest BCUT2D eigenvalue weighted by molar-refractivity contribution is 0.0692. The summed E-state index contributed by atoms with van der Waals surface area (Å²) >= 11 is 9.30. The molecular formula is C13H9BrClFN2O2. The minimum absolute atomic E-state index is 0.114. The summed E-state index contributed by atoms with van der Waals surface area (Å²) in [6.45, 7) is 0. The van der Waals surface area contributed by atoms with Crippen molar-refractivity contribution in [2.75, 3.05) is 11.1 Å². The Hall–Kier alpha value is -1.79. The van der Waals surface area contributed by atoms with E-state index in [0.717, 1.165) is 16.6 Å². The second-order valence-electron chi connectivity index (χ2n) is 3.97. The molecule has 4 nitrogen and oxygen atoms in total. The number of anilines is 3. The maximum absolute atomic E-state index is 13.6. The monoisotopic (exact) mass is 358 g/mol. The summed E-state index contributed by atoms with van der Waals surface area (Å²) in [6, 6.07) is 7.20. The highest BCUT2D eigenvalue weighted by molar-refractivity contribution is 9.10. The van der Waals surface area contributed by atoms with Crippen LogP contribution in [0.25, 0.3) is 0 Å². The minimum Gasteiger partial charge on any atom is -0.478 e. The number of carboxylic acids is 1. The van der Waals surface area contributed by atoms with Crippen molar-refractivity contribution in [2.45, 2.75) is 0 Å². The molecule has 0 unspecified atom stereocenters. The van der Waals surface area contributed by atoms with Crippen molar-refractivity contribution in [3.63, 3.8) is 0 Å². The van der Waals surface area contributed by atoms with Crippen LogP contribution in [0.15, 0.2) is 34.8 Å². The summed E-state index contributed by atoms with van der Waals surface area (Å²) in [5, 5.41) is 12.1. The maximum Gasteiger partial charge on any atom is 0.338 e. The first-order valence-electron chi connectivity index (χ1n) is 5.43. The Balaban J connectivity index is 2.39. The molecule has 0 fully saturated rings. The molecule has 2 rings (SSSR count). The van der Waals surface area contributed by atoms with E-state index in [1.54, 1.807) is 18.2 Å². The number of nitrogens with two attached hydrogens (primary N) is 1. The fraction of sp³-hybridized carbons (Fsp3) is 0. The molecule has 0 atom stereocenters.